The first kappa shape index (κ1) is 41.1. The van der Waals surface area contributed by atoms with Gasteiger partial charge in [-0.05, 0) is 92.0 Å². The summed E-state index contributed by atoms with van der Waals surface area (Å²) in [5.74, 6) is -0.302. The summed E-state index contributed by atoms with van der Waals surface area (Å²) in [7, 11) is 1.93. The molecule has 0 spiro atoms. The summed E-state index contributed by atoms with van der Waals surface area (Å²) < 4.78 is 45.1. The number of alkyl halides is 3. The highest BCUT2D eigenvalue weighted by Gasteiger charge is 2.43. The molecule has 0 bridgehead atoms. The highest BCUT2D eigenvalue weighted by atomic mass is 35.5. The number of nitrogens with one attached hydrogen (secondary N) is 2. The first-order valence-electron chi connectivity index (χ1n) is 19.1. The number of piperazine rings is 1. The first-order chi connectivity index (χ1) is 27.4. The van der Waals surface area contributed by atoms with E-state index >= 15 is 0 Å². The Kier molecular flexibility index (Phi) is 12.9. The maximum absolute atomic E-state index is 13.9. The van der Waals surface area contributed by atoms with Gasteiger partial charge in [-0.3, -0.25) is 14.6 Å². The van der Waals surface area contributed by atoms with E-state index in [1.165, 1.54) is 12.1 Å². The largest absolute Gasteiger partial charge is 0.573 e. The Bertz CT molecular complexity index is 2150. The molecule has 2 aliphatic rings. The van der Waals surface area contributed by atoms with Crippen LogP contribution in [0.5, 0.6) is 5.75 Å². The number of hydrogen-bond donors (Lipinski definition) is 2. The average molecular weight is 843 g/mol. The Labute approximate surface area is 345 Å². The van der Waals surface area contributed by atoms with Crippen LogP contribution in [-0.4, -0.2) is 90.0 Å². The van der Waals surface area contributed by atoms with Crippen LogP contribution in [0.2, 0.25) is 15.2 Å². The van der Waals surface area contributed by atoms with E-state index in [-0.39, 0.29) is 11.7 Å². The summed E-state index contributed by atoms with van der Waals surface area (Å²) in [5, 5.41) is 9.31. The minimum Gasteiger partial charge on any atom is -0.406 e. The van der Waals surface area contributed by atoms with Crippen molar-refractivity contribution >= 4 is 57.3 Å². The van der Waals surface area contributed by atoms with Crippen LogP contribution in [0.1, 0.15) is 30.4 Å². The number of aryl methyl sites for hydroxylation is 1. The third-order valence-electron chi connectivity index (χ3n) is 11.1. The predicted octanol–water partition coefficient (Wildman–Crippen LogP) is 8.64. The lowest BCUT2D eigenvalue weighted by Crippen LogP contribution is -2.62. The number of piperidine rings is 1. The standard InChI is InChI=1S/C42H45Cl3F3N7O2/c1-52(31-12-16-50-39(45)25-31)41(13-17-49-18-14-41)40(56)51-15-3-19-55-28-34(30-7-9-32(10-8-30)57-42(46,47)48)33-24-29(6-11-38(33)55)26-53-20-22-54(23-21-53)27-35-36(43)4-2-5-37(35)44/h2,4-12,16,24-25,28,49H,3,13-15,17-23,26-27H2,1H3,(H,51,56). The molecule has 0 saturated carbocycles. The molecule has 4 heterocycles. The maximum Gasteiger partial charge on any atom is 0.573 e. The quantitative estimate of drug-likeness (QED) is 0.0909. The molecule has 0 unspecified atom stereocenters. The number of fused-ring (bicyclic) bond motifs is 1. The number of ether oxygens (including phenoxy) is 1. The molecule has 2 saturated heterocycles. The molecule has 3 aromatic carbocycles. The van der Waals surface area contributed by atoms with Crippen LogP contribution >= 0.6 is 34.8 Å². The van der Waals surface area contributed by atoms with Crippen LogP contribution in [-0.2, 0) is 24.4 Å². The minimum absolute atomic E-state index is 0.0307. The van der Waals surface area contributed by atoms with Gasteiger partial charge in [-0.15, -0.1) is 13.2 Å². The molecule has 0 atom stereocenters. The summed E-state index contributed by atoms with van der Waals surface area (Å²) in [6, 6.07) is 21.7. The van der Waals surface area contributed by atoms with Gasteiger partial charge in [0, 0.05) is 110 Å². The number of likely N-dealkylation sites (N-methyl/N-ethyl adjacent to an activating group) is 1. The molecule has 2 aliphatic heterocycles. The highest BCUT2D eigenvalue weighted by molar-refractivity contribution is 6.36. The van der Waals surface area contributed by atoms with Gasteiger partial charge in [0.1, 0.15) is 16.4 Å². The topological polar surface area (TPSA) is 77.9 Å². The number of aromatic nitrogens is 2. The molecular formula is C42H45Cl3F3N7O2. The SMILES string of the molecule is CN(c1ccnc(Cl)c1)C1(C(=O)NCCCn2cc(-c3ccc(OC(F)(F)F)cc3)c3cc(CN4CCN(Cc5c(Cl)cccc5Cl)CC4)ccc32)CCNCC1. The minimum atomic E-state index is -4.77. The van der Waals surface area contributed by atoms with Crippen LogP contribution in [0.3, 0.4) is 0 Å². The molecule has 15 heteroatoms. The molecule has 2 N–H and O–H groups in total. The third-order valence-corrected chi connectivity index (χ3v) is 12.0. The lowest BCUT2D eigenvalue weighted by Gasteiger charge is -2.44. The fourth-order valence-corrected chi connectivity index (χ4v) is 8.67. The normalized spacial score (nSPS) is 16.5. The Morgan fingerprint density at radius 2 is 1.61 bits per heavy atom. The van der Waals surface area contributed by atoms with E-state index < -0.39 is 11.9 Å². The number of halogens is 6. The fraction of sp³-hybridized carbons (Fsp3) is 0.381. The van der Waals surface area contributed by atoms with Crippen molar-refractivity contribution in [1.82, 2.24) is 30.0 Å². The van der Waals surface area contributed by atoms with Crippen molar-refractivity contribution in [3.8, 4) is 16.9 Å². The number of amides is 1. The molecule has 302 valence electrons. The van der Waals surface area contributed by atoms with Crippen LogP contribution in [0.25, 0.3) is 22.0 Å². The molecule has 57 heavy (non-hydrogen) atoms. The number of nitrogens with zero attached hydrogens (tertiary/aromatic N) is 5. The molecule has 7 rings (SSSR count). The Morgan fingerprint density at radius 3 is 2.28 bits per heavy atom. The average Bonchev–Trinajstić information content (AvgIpc) is 3.55. The van der Waals surface area contributed by atoms with Gasteiger partial charge in [0.25, 0.3) is 0 Å². The number of pyridine rings is 1. The van der Waals surface area contributed by atoms with Gasteiger partial charge in [0.15, 0.2) is 0 Å². The number of carbonyl (C=O) groups is 1. The van der Waals surface area contributed by atoms with Crippen LogP contribution in [0.15, 0.2) is 85.2 Å². The lowest BCUT2D eigenvalue weighted by atomic mass is 9.85. The molecule has 1 amide bonds. The fourth-order valence-electron chi connectivity index (χ4n) is 7.98. The molecule has 0 aliphatic carbocycles. The van der Waals surface area contributed by atoms with Gasteiger partial charge in [-0.1, -0.05) is 59.1 Å². The number of rotatable bonds is 13. The van der Waals surface area contributed by atoms with Crippen molar-refractivity contribution in [2.75, 3.05) is 57.8 Å². The maximum atomic E-state index is 13.9. The Hall–Kier alpha value is -4.04. The highest BCUT2D eigenvalue weighted by Crippen LogP contribution is 2.35. The Morgan fingerprint density at radius 1 is 0.930 bits per heavy atom. The summed E-state index contributed by atoms with van der Waals surface area (Å²) in [5.41, 5.74) is 4.86. The van der Waals surface area contributed by atoms with Crippen molar-refractivity contribution in [2.45, 2.75) is 50.8 Å². The number of carbonyl (C=O) groups excluding carboxylic acids is 1. The molecule has 0 radical (unpaired) electrons. The second-order valence-corrected chi connectivity index (χ2v) is 15.9. The zero-order valence-electron chi connectivity index (χ0n) is 31.6. The van der Waals surface area contributed by atoms with Crippen LogP contribution < -0.4 is 20.3 Å². The summed E-state index contributed by atoms with van der Waals surface area (Å²) in [6.45, 7) is 7.47. The molecule has 2 aromatic heterocycles. The lowest BCUT2D eigenvalue weighted by molar-refractivity contribution is -0.274. The van der Waals surface area contributed by atoms with E-state index in [2.05, 4.69) is 52.9 Å². The molecule has 5 aromatic rings. The van der Waals surface area contributed by atoms with Gasteiger partial charge in [-0.2, -0.15) is 0 Å². The second-order valence-electron chi connectivity index (χ2n) is 14.7. The van der Waals surface area contributed by atoms with Crippen molar-refractivity contribution in [3.05, 3.63) is 112 Å². The smallest absolute Gasteiger partial charge is 0.406 e. The van der Waals surface area contributed by atoms with Crippen LogP contribution in [0, 0.1) is 0 Å². The number of anilines is 1. The molecule has 9 nitrogen and oxygen atoms in total. The number of hydrogen-bond acceptors (Lipinski definition) is 7. The van der Waals surface area contributed by atoms with E-state index in [1.807, 2.05) is 42.4 Å². The van der Waals surface area contributed by atoms with Gasteiger partial charge >= 0.3 is 6.36 Å². The van der Waals surface area contributed by atoms with Gasteiger partial charge < -0.3 is 24.8 Å². The van der Waals surface area contributed by atoms with Gasteiger partial charge in [-0.25, -0.2) is 4.98 Å². The van der Waals surface area contributed by atoms with E-state index in [4.69, 9.17) is 34.8 Å². The van der Waals surface area contributed by atoms with Crippen molar-refractivity contribution in [3.63, 3.8) is 0 Å². The van der Waals surface area contributed by atoms with Crippen molar-refractivity contribution in [1.29, 1.82) is 0 Å². The van der Waals surface area contributed by atoms with Crippen LogP contribution in [0.4, 0.5) is 18.9 Å². The monoisotopic (exact) mass is 841 g/mol. The van der Waals surface area contributed by atoms with E-state index in [1.54, 1.807) is 24.4 Å². The Balaban J connectivity index is 1.05. The van der Waals surface area contributed by atoms with E-state index in [9.17, 15) is 18.0 Å². The predicted molar refractivity (Wildman–Crippen MR) is 221 cm³/mol. The zero-order chi connectivity index (χ0) is 40.2. The first-order valence-corrected chi connectivity index (χ1v) is 20.2. The van der Waals surface area contributed by atoms with E-state index in [0.29, 0.717) is 54.1 Å². The summed E-state index contributed by atoms with van der Waals surface area (Å²) >= 11 is 19.1. The van der Waals surface area contributed by atoms with Crippen molar-refractivity contribution in [2.24, 2.45) is 0 Å². The zero-order valence-corrected chi connectivity index (χ0v) is 33.9. The van der Waals surface area contributed by atoms with E-state index in [0.717, 1.165) is 84.7 Å². The summed E-state index contributed by atoms with van der Waals surface area (Å²) in [4.78, 5) is 24.8. The van der Waals surface area contributed by atoms with Gasteiger partial charge in [0.2, 0.25) is 5.91 Å². The second kappa shape index (κ2) is 17.8. The van der Waals surface area contributed by atoms with Crippen molar-refractivity contribution < 1.29 is 22.7 Å². The number of benzene rings is 3. The molecule has 2 fully saturated rings. The van der Waals surface area contributed by atoms with Gasteiger partial charge in [0.05, 0.1) is 0 Å². The molecular weight excluding hydrogens is 798 g/mol. The summed E-state index contributed by atoms with van der Waals surface area (Å²) in [6.07, 6.45) is 0.866. The third kappa shape index (κ3) is 9.81.